The first-order chi connectivity index (χ1) is 18.2. The maximum absolute atomic E-state index is 12.2. The molecule has 0 aromatic heterocycles. The van der Waals surface area contributed by atoms with E-state index in [-0.39, 0.29) is 12.5 Å². The number of unbranched alkanes of at least 4 members (excludes halogenated alkanes) is 22. The molecule has 1 amide bonds. The van der Waals surface area contributed by atoms with Gasteiger partial charge in [-0.05, 0) is 19.3 Å². The van der Waals surface area contributed by atoms with Crippen molar-refractivity contribution in [2.24, 2.45) is 0 Å². The normalized spacial score (nSPS) is 13.3. The summed E-state index contributed by atoms with van der Waals surface area (Å²) >= 11 is 0. The molecular weight excluding hydrogens is 458 g/mol. The SMILES string of the molecule is CCCCCCCCCCCCCC/C=C/[C@@H](O)[C@H](CO)NC(=O)CCCCCCCCCCCCC. The number of hydrogen-bond donors (Lipinski definition) is 3. The van der Waals surface area contributed by atoms with Crippen LogP contribution in [-0.2, 0) is 4.79 Å². The second-order valence-corrected chi connectivity index (χ2v) is 11.2. The Morgan fingerprint density at radius 3 is 1.41 bits per heavy atom. The standard InChI is InChI=1S/C33H65NO3/c1-3-5-7-9-11-13-15-16-17-19-20-22-24-26-28-32(36)31(30-35)34-33(37)29-27-25-23-21-18-14-12-10-8-6-4-2/h26,28,31-32,35-36H,3-25,27,29-30H2,1-2H3,(H,34,37)/b28-26+/t31-,32+/m0/s1. The van der Waals surface area contributed by atoms with Crippen LogP contribution in [0.2, 0.25) is 0 Å². The summed E-state index contributed by atoms with van der Waals surface area (Å²) in [5.41, 5.74) is 0. The van der Waals surface area contributed by atoms with E-state index in [4.69, 9.17) is 0 Å². The number of rotatable bonds is 29. The Bertz CT molecular complexity index is 494. The minimum absolute atomic E-state index is 0.0663. The van der Waals surface area contributed by atoms with E-state index in [9.17, 15) is 15.0 Å². The van der Waals surface area contributed by atoms with Gasteiger partial charge in [0.15, 0.2) is 0 Å². The third-order valence-electron chi connectivity index (χ3n) is 7.52. The van der Waals surface area contributed by atoms with Crippen LogP contribution in [0.25, 0.3) is 0 Å². The van der Waals surface area contributed by atoms with Crippen LogP contribution in [0.5, 0.6) is 0 Å². The van der Waals surface area contributed by atoms with Gasteiger partial charge in [0, 0.05) is 6.42 Å². The molecule has 220 valence electrons. The molecule has 0 aromatic carbocycles. The molecule has 3 N–H and O–H groups in total. The number of allylic oxidation sites excluding steroid dienone is 1. The summed E-state index contributed by atoms with van der Waals surface area (Å²) in [7, 11) is 0. The molecule has 0 saturated carbocycles. The van der Waals surface area contributed by atoms with Crippen molar-refractivity contribution in [3.8, 4) is 0 Å². The summed E-state index contributed by atoms with van der Waals surface area (Å²) in [6, 6.07) is -0.613. The van der Waals surface area contributed by atoms with E-state index in [0.29, 0.717) is 6.42 Å². The van der Waals surface area contributed by atoms with Crippen molar-refractivity contribution in [2.75, 3.05) is 6.61 Å². The van der Waals surface area contributed by atoms with Crippen LogP contribution in [0.4, 0.5) is 0 Å². The second-order valence-electron chi connectivity index (χ2n) is 11.2. The monoisotopic (exact) mass is 523 g/mol. The van der Waals surface area contributed by atoms with Gasteiger partial charge in [0.25, 0.3) is 0 Å². The molecule has 0 fully saturated rings. The van der Waals surface area contributed by atoms with Crippen molar-refractivity contribution < 1.29 is 15.0 Å². The Morgan fingerprint density at radius 2 is 1.00 bits per heavy atom. The fourth-order valence-electron chi connectivity index (χ4n) is 4.94. The molecule has 0 aromatic rings. The molecule has 0 heterocycles. The predicted molar refractivity (Wildman–Crippen MR) is 161 cm³/mol. The molecule has 0 aliphatic carbocycles. The van der Waals surface area contributed by atoms with Gasteiger partial charge in [0.05, 0.1) is 18.8 Å². The third-order valence-corrected chi connectivity index (χ3v) is 7.52. The van der Waals surface area contributed by atoms with Crippen LogP contribution >= 0.6 is 0 Å². The molecule has 0 unspecified atom stereocenters. The number of aliphatic hydroxyl groups is 2. The number of carbonyl (C=O) groups excluding carboxylic acids is 1. The minimum Gasteiger partial charge on any atom is -0.394 e. The maximum atomic E-state index is 12.2. The van der Waals surface area contributed by atoms with Gasteiger partial charge in [-0.1, -0.05) is 161 Å². The Morgan fingerprint density at radius 1 is 0.622 bits per heavy atom. The molecule has 0 aliphatic rings. The van der Waals surface area contributed by atoms with Crippen molar-refractivity contribution in [3.05, 3.63) is 12.2 Å². The Hall–Kier alpha value is -0.870. The van der Waals surface area contributed by atoms with E-state index in [0.717, 1.165) is 25.7 Å². The van der Waals surface area contributed by atoms with Crippen molar-refractivity contribution in [3.63, 3.8) is 0 Å². The highest BCUT2D eigenvalue weighted by atomic mass is 16.3. The zero-order valence-electron chi connectivity index (χ0n) is 25.0. The molecule has 37 heavy (non-hydrogen) atoms. The van der Waals surface area contributed by atoms with Crippen LogP contribution in [-0.4, -0.2) is 34.9 Å². The predicted octanol–water partition coefficient (Wildman–Crippen LogP) is 9.17. The highest BCUT2D eigenvalue weighted by Gasteiger charge is 2.17. The molecule has 4 nitrogen and oxygen atoms in total. The van der Waals surface area contributed by atoms with Crippen molar-refractivity contribution in [2.45, 2.75) is 187 Å². The molecule has 4 heteroatoms. The topological polar surface area (TPSA) is 69.6 Å². The molecule has 2 atom stereocenters. The van der Waals surface area contributed by atoms with Crippen LogP contribution < -0.4 is 5.32 Å². The average molecular weight is 524 g/mol. The van der Waals surface area contributed by atoms with Crippen molar-refractivity contribution in [1.82, 2.24) is 5.32 Å². The zero-order valence-corrected chi connectivity index (χ0v) is 25.0. The second kappa shape index (κ2) is 29.7. The molecule has 0 rings (SSSR count). The molecule has 0 radical (unpaired) electrons. The third kappa shape index (κ3) is 26.5. The summed E-state index contributed by atoms with van der Waals surface area (Å²) < 4.78 is 0. The van der Waals surface area contributed by atoms with Gasteiger partial charge in [-0.15, -0.1) is 0 Å². The van der Waals surface area contributed by atoms with Gasteiger partial charge < -0.3 is 15.5 Å². The van der Waals surface area contributed by atoms with Gasteiger partial charge in [-0.2, -0.15) is 0 Å². The van der Waals surface area contributed by atoms with Crippen molar-refractivity contribution in [1.29, 1.82) is 0 Å². The zero-order chi connectivity index (χ0) is 27.2. The van der Waals surface area contributed by atoms with Gasteiger partial charge in [0.1, 0.15) is 0 Å². The van der Waals surface area contributed by atoms with E-state index < -0.39 is 12.1 Å². The maximum Gasteiger partial charge on any atom is 0.220 e. The number of carbonyl (C=O) groups is 1. The van der Waals surface area contributed by atoms with Gasteiger partial charge >= 0.3 is 0 Å². The van der Waals surface area contributed by atoms with E-state index in [1.54, 1.807) is 6.08 Å². The first kappa shape index (κ1) is 36.1. The first-order valence-electron chi connectivity index (χ1n) is 16.4. The molecule has 0 spiro atoms. The highest BCUT2D eigenvalue weighted by molar-refractivity contribution is 5.76. The van der Waals surface area contributed by atoms with Crippen LogP contribution in [0.1, 0.15) is 174 Å². The van der Waals surface area contributed by atoms with Crippen LogP contribution in [0, 0.1) is 0 Å². The quantitative estimate of drug-likeness (QED) is 0.0676. The Balaban J connectivity index is 3.64. The fourth-order valence-corrected chi connectivity index (χ4v) is 4.94. The van der Waals surface area contributed by atoms with Crippen LogP contribution in [0.3, 0.4) is 0 Å². The summed E-state index contributed by atoms with van der Waals surface area (Å²) in [6.45, 7) is 4.28. The lowest BCUT2D eigenvalue weighted by atomic mass is 10.0. The number of hydrogen-bond acceptors (Lipinski definition) is 3. The number of amides is 1. The highest BCUT2D eigenvalue weighted by Crippen LogP contribution is 2.14. The number of aliphatic hydroxyl groups excluding tert-OH is 2. The largest absolute Gasteiger partial charge is 0.394 e. The fraction of sp³-hybridized carbons (Fsp3) is 0.909. The van der Waals surface area contributed by atoms with Crippen molar-refractivity contribution >= 4 is 5.91 Å². The Labute approximate surface area is 231 Å². The molecule has 0 aliphatic heterocycles. The lowest BCUT2D eigenvalue weighted by molar-refractivity contribution is -0.123. The van der Waals surface area contributed by atoms with E-state index in [1.165, 1.54) is 128 Å². The van der Waals surface area contributed by atoms with Gasteiger partial charge in [-0.3, -0.25) is 4.79 Å². The lowest BCUT2D eigenvalue weighted by Crippen LogP contribution is -2.45. The van der Waals surface area contributed by atoms with E-state index in [1.807, 2.05) is 6.08 Å². The molecule has 0 saturated heterocycles. The smallest absolute Gasteiger partial charge is 0.220 e. The van der Waals surface area contributed by atoms with Gasteiger partial charge in [0.2, 0.25) is 5.91 Å². The first-order valence-corrected chi connectivity index (χ1v) is 16.4. The average Bonchev–Trinajstić information content (AvgIpc) is 2.90. The summed E-state index contributed by atoms with van der Waals surface area (Å²) in [5, 5.41) is 22.8. The Kier molecular flexibility index (Phi) is 29.0. The van der Waals surface area contributed by atoms with E-state index >= 15 is 0 Å². The minimum atomic E-state index is -0.830. The summed E-state index contributed by atoms with van der Waals surface area (Å²) in [5.74, 6) is -0.0663. The molecular formula is C33H65NO3. The number of nitrogens with one attached hydrogen (secondary N) is 1. The molecule has 0 bridgehead atoms. The lowest BCUT2D eigenvalue weighted by Gasteiger charge is -2.20. The van der Waals surface area contributed by atoms with Crippen LogP contribution in [0.15, 0.2) is 12.2 Å². The van der Waals surface area contributed by atoms with E-state index in [2.05, 4.69) is 19.2 Å². The van der Waals surface area contributed by atoms with Gasteiger partial charge in [-0.25, -0.2) is 0 Å². The summed E-state index contributed by atoms with van der Waals surface area (Å²) in [4.78, 5) is 12.2. The summed E-state index contributed by atoms with van der Waals surface area (Å²) in [6.07, 6.45) is 34.2.